The minimum atomic E-state index is -0.776. The lowest BCUT2D eigenvalue weighted by atomic mass is 9.77. The first-order valence-corrected chi connectivity index (χ1v) is 12.8. The van der Waals surface area contributed by atoms with Gasteiger partial charge >= 0.3 is 0 Å². The first-order chi connectivity index (χ1) is 16.6. The van der Waals surface area contributed by atoms with Crippen LogP contribution < -0.4 is 9.47 Å². The minimum Gasteiger partial charge on any atom is -0.491 e. The average molecular weight is 612 g/mol. The van der Waals surface area contributed by atoms with E-state index in [0.717, 1.165) is 22.4 Å². The number of ether oxygens (including phenoxy) is 2. The summed E-state index contributed by atoms with van der Waals surface area (Å²) < 4.78 is 13.7. The van der Waals surface area contributed by atoms with Crippen molar-refractivity contribution in [1.82, 2.24) is 15.0 Å². The molecule has 10 heteroatoms. The molecule has 0 saturated carbocycles. The zero-order chi connectivity index (χ0) is 25.6. The largest absolute Gasteiger partial charge is 0.491 e. The Labute approximate surface area is 224 Å². The molecule has 0 fully saturated rings. The number of halogens is 2. The summed E-state index contributed by atoms with van der Waals surface area (Å²) in [5.74, 6) is 1.52. The molecule has 2 atom stereocenters. The molecule has 0 amide bonds. The van der Waals surface area contributed by atoms with E-state index in [1.165, 1.54) is 0 Å². The molecule has 8 nitrogen and oxygen atoms in total. The van der Waals surface area contributed by atoms with Crippen LogP contribution in [-0.4, -0.2) is 61.6 Å². The fraction of sp³-hybridized carbons (Fsp3) is 0.440. The molecule has 3 N–H and O–H groups in total. The first kappa shape index (κ1) is 27.7. The number of alkyl halides is 1. The molecule has 3 rings (SSSR count). The Hall–Kier alpha value is -1.92. The van der Waals surface area contributed by atoms with Crippen molar-refractivity contribution in [2.45, 2.75) is 51.5 Å². The molecule has 0 unspecified atom stereocenters. The zero-order valence-electron chi connectivity index (χ0n) is 20.0. The Morgan fingerprint density at radius 3 is 2.29 bits per heavy atom. The van der Waals surface area contributed by atoms with Crippen LogP contribution in [-0.2, 0) is 18.6 Å². The fourth-order valence-corrected chi connectivity index (χ4v) is 4.22. The van der Waals surface area contributed by atoms with Gasteiger partial charge in [-0.2, -0.15) is 0 Å². The second-order valence-corrected chi connectivity index (χ2v) is 10.2. The van der Waals surface area contributed by atoms with Crippen LogP contribution >= 0.6 is 34.2 Å². The molecule has 3 aromatic rings. The van der Waals surface area contributed by atoms with Crippen LogP contribution in [0.4, 0.5) is 0 Å². The van der Waals surface area contributed by atoms with Gasteiger partial charge in [0.05, 0.1) is 19.0 Å². The summed E-state index contributed by atoms with van der Waals surface area (Å²) in [6, 6.07) is 13.9. The van der Waals surface area contributed by atoms with E-state index in [2.05, 4.69) is 30.2 Å². The van der Waals surface area contributed by atoms with Crippen molar-refractivity contribution < 1.29 is 24.8 Å². The van der Waals surface area contributed by atoms with Crippen molar-refractivity contribution >= 4 is 34.2 Å². The van der Waals surface area contributed by atoms with Gasteiger partial charge in [0, 0.05) is 5.41 Å². The summed E-state index contributed by atoms with van der Waals surface area (Å²) >= 11 is 7.68. The monoisotopic (exact) mass is 611 g/mol. The molecule has 0 saturated heterocycles. The summed E-state index contributed by atoms with van der Waals surface area (Å²) in [5.41, 5.74) is 3.46. The maximum atomic E-state index is 10.3. The first-order valence-electron chi connectivity index (χ1n) is 11.2. The van der Waals surface area contributed by atoms with Gasteiger partial charge < -0.3 is 24.8 Å². The van der Waals surface area contributed by atoms with Gasteiger partial charge in [0.2, 0.25) is 0 Å². The Kier molecular flexibility index (Phi) is 9.77. The highest BCUT2D eigenvalue weighted by Crippen LogP contribution is 2.34. The molecule has 0 bridgehead atoms. The minimum absolute atomic E-state index is 0.103. The molecule has 35 heavy (non-hydrogen) atoms. The number of aryl methyl sites for hydroxylation is 1. The maximum absolute atomic E-state index is 10.3. The van der Waals surface area contributed by atoms with Gasteiger partial charge in [0.1, 0.15) is 46.3 Å². The summed E-state index contributed by atoms with van der Waals surface area (Å²) in [5, 5.41) is 37.0. The number of aliphatic hydroxyl groups is 3. The van der Waals surface area contributed by atoms with Gasteiger partial charge in [-0.05, 0) is 64.4 Å². The van der Waals surface area contributed by atoms with Crippen LogP contribution in [0.5, 0.6) is 11.5 Å². The van der Waals surface area contributed by atoms with E-state index in [1.807, 2.05) is 65.9 Å². The second kappa shape index (κ2) is 12.4. The molecule has 1 aromatic heterocycles. The smallest absolute Gasteiger partial charge is 0.125 e. The van der Waals surface area contributed by atoms with Gasteiger partial charge in [-0.25, -0.2) is 4.68 Å². The van der Waals surface area contributed by atoms with Crippen LogP contribution in [0.15, 0.2) is 42.5 Å². The molecule has 0 aliphatic carbocycles. The van der Waals surface area contributed by atoms with Crippen LogP contribution in [0.2, 0.25) is 0 Å². The van der Waals surface area contributed by atoms with E-state index in [1.54, 1.807) is 4.68 Å². The number of nitrogens with zero attached hydrogens (tertiary/aromatic N) is 3. The van der Waals surface area contributed by atoms with Crippen molar-refractivity contribution in [2.75, 3.05) is 19.1 Å². The fourth-order valence-electron chi connectivity index (χ4n) is 3.56. The van der Waals surface area contributed by atoms with E-state index in [0.29, 0.717) is 15.1 Å². The maximum Gasteiger partial charge on any atom is 0.125 e. The third-order valence-electron chi connectivity index (χ3n) is 5.80. The van der Waals surface area contributed by atoms with E-state index in [4.69, 9.17) is 21.1 Å². The van der Waals surface area contributed by atoms with Crippen molar-refractivity contribution in [1.29, 1.82) is 0 Å². The Bertz CT molecular complexity index is 1110. The van der Waals surface area contributed by atoms with Gasteiger partial charge in [-0.1, -0.05) is 43.3 Å². The third-order valence-corrected chi connectivity index (χ3v) is 7.33. The van der Waals surface area contributed by atoms with Crippen LogP contribution in [0.3, 0.4) is 0 Å². The average Bonchev–Trinajstić information content (AvgIpc) is 3.20. The lowest BCUT2D eigenvalue weighted by Gasteiger charge is -2.27. The zero-order valence-corrected chi connectivity index (χ0v) is 22.9. The topological polar surface area (TPSA) is 110 Å². The molecule has 0 spiro atoms. The third kappa shape index (κ3) is 7.07. The van der Waals surface area contributed by atoms with Crippen LogP contribution in [0.25, 0.3) is 0 Å². The normalized spacial score (nSPS) is 13.5. The molecular weight excluding hydrogens is 581 g/mol. The number of aromatic nitrogens is 3. The summed E-state index contributed by atoms with van der Waals surface area (Å²) in [6.45, 7) is 6.58. The Morgan fingerprint density at radius 1 is 1.03 bits per heavy atom. The second-order valence-electron chi connectivity index (χ2n) is 8.88. The van der Waals surface area contributed by atoms with E-state index in [-0.39, 0.29) is 37.7 Å². The van der Waals surface area contributed by atoms with Crippen molar-refractivity contribution in [3.63, 3.8) is 0 Å². The Morgan fingerprint density at radius 2 is 1.69 bits per heavy atom. The predicted octanol–water partition coefficient (Wildman–Crippen LogP) is 3.43. The predicted molar refractivity (Wildman–Crippen MR) is 142 cm³/mol. The van der Waals surface area contributed by atoms with Gasteiger partial charge in [0.15, 0.2) is 0 Å². The number of hydrogen-bond acceptors (Lipinski definition) is 7. The lowest BCUT2D eigenvalue weighted by Crippen LogP contribution is -2.25. The van der Waals surface area contributed by atoms with Gasteiger partial charge in [-0.15, -0.1) is 16.7 Å². The van der Waals surface area contributed by atoms with E-state index in [9.17, 15) is 15.3 Å². The van der Waals surface area contributed by atoms with Crippen LogP contribution in [0, 0.1) is 10.6 Å². The molecule has 190 valence electrons. The Balaban J connectivity index is 1.60. The number of benzene rings is 2. The highest BCUT2D eigenvalue weighted by molar-refractivity contribution is 14.1. The van der Waals surface area contributed by atoms with Crippen molar-refractivity contribution in [3.8, 4) is 11.5 Å². The number of aliphatic hydroxyl groups excluding tert-OH is 3. The molecular formula is C25H31ClIN3O5. The van der Waals surface area contributed by atoms with Gasteiger partial charge in [0.25, 0.3) is 0 Å². The summed E-state index contributed by atoms with van der Waals surface area (Å²) in [7, 11) is 0. The summed E-state index contributed by atoms with van der Waals surface area (Å²) in [4.78, 5) is 0. The number of hydrogen-bond donors (Lipinski definition) is 3. The molecule has 0 aliphatic rings. The summed E-state index contributed by atoms with van der Waals surface area (Å²) in [6.07, 6.45) is -1.47. The quantitative estimate of drug-likeness (QED) is 0.213. The molecule has 0 radical (unpaired) electrons. The highest BCUT2D eigenvalue weighted by atomic mass is 123. The molecule has 2 aromatic carbocycles. The SMILES string of the molecule is Cc1cc(C(C)(C)c2ccc(OC[C@H](O)Cn3nnc(CO)c3[123I])cc2)ccc1OC[C@H](O)CCl. The molecule has 0 aliphatic heterocycles. The standard InChI is InChI=1S/C25H31ClIN3O5/c1-16-10-18(6-9-23(16)35-14-19(32)11-26)25(2,3)17-4-7-21(8-5-17)34-15-20(33)12-30-24(27)22(13-31)28-29-30/h4-10,19-20,31-33H,11-15H2,1-3H3/t19-,20-/m1/s1/i27-4. The van der Waals surface area contributed by atoms with Crippen molar-refractivity contribution in [3.05, 3.63) is 68.5 Å². The van der Waals surface area contributed by atoms with Crippen molar-refractivity contribution in [2.24, 2.45) is 0 Å². The van der Waals surface area contributed by atoms with E-state index >= 15 is 0 Å². The highest BCUT2D eigenvalue weighted by Gasteiger charge is 2.24. The van der Waals surface area contributed by atoms with Crippen LogP contribution in [0.1, 0.15) is 36.2 Å². The van der Waals surface area contributed by atoms with Gasteiger partial charge in [-0.3, -0.25) is 0 Å². The number of rotatable bonds is 12. The lowest BCUT2D eigenvalue weighted by molar-refractivity contribution is 0.0881. The molecule has 1 heterocycles. The van der Waals surface area contributed by atoms with E-state index < -0.39 is 12.2 Å².